The summed E-state index contributed by atoms with van der Waals surface area (Å²) in [7, 11) is 1.65. The molecule has 1 atom stereocenters. The normalized spacial score (nSPS) is 18.9. The van der Waals surface area contributed by atoms with Gasteiger partial charge in [-0.25, -0.2) is 5.01 Å². The largest absolute Gasteiger partial charge is 0.497 e. The number of likely N-dealkylation sites (tertiary alicyclic amines) is 1. The SMILES string of the molecule is CCOC(=O)C1CCN(CC(=O)N2N=C(c3ccc(C)cc3C)C[C@H]2c2ccc(OC)cc2)CC1. The molecule has 2 aromatic carbocycles. The fourth-order valence-corrected chi connectivity index (χ4v) is 4.98. The van der Waals surface area contributed by atoms with Gasteiger partial charge in [-0.2, -0.15) is 5.10 Å². The first-order valence-corrected chi connectivity index (χ1v) is 12.4. The van der Waals surface area contributed by atoms with Crippen LogP contribution in [0.5, 0.6) is 5.75 Å². The molecular weight excluding hydrogens is 442 g/mol. The third-order valence-corrected chi connectivity index (χ3v) is 6.93. The van der Waals surface area contributed by atoms with Crippen LogP contribution in [-0.2, 0) is 14.3 Å². The first-order chi connectivity index (χ1) is 16.9. The highest BCUT2D eigenvalue weighted by molar-refractivity contribution is 6.04. The lowest BCUT2D eigenvalue weighted by Gasteiger charge is -2.32. The Morgan fingerprint density at radius 1 is 1.06 bits per heavy atom. The van der Waals surface area contributed by atoms with Crippen LogP contribution in [0.3, 0.4) is 0 Å². The molecule has 0 N–H and O–H groups in total. The van der Waals surface area contributed by atoms with E-state index in [4.69, 9.17) is 14.6 Å². The highest BCUT2D eigenvalue weighted by atomic mass is 16.5. The topological polar surface area (TPSA) is 71.4 Å². The number of ether oxygens (including phenoxy) is 2. The molecule has 1 amide bonds. The maximum Gasteiger partial charge on any atom is 0.309 e. The van der Waals surface area contributed by atoms with Crippen LogP contribution in [0, 0.1) is 19.8 Å². The van der Waals surface area contributed by atoms with Gasteiger partial charge >= 0.3 is 5.97 Å². The van der Waals surface area contributed by atoms with Gasteiger partial charge in [0.15, 0.2) is 0 Å². The summed E-state index contributed by atoms with van der Waals surface area (Å²) >= 11 is 0. The van der Waals surface area contributed by atoms with Gasteiger partial charge < -0.3 is 9.47 Å². The minimum absolute atomic E-state index is 0.0276. The summed E-state index contributed by atoms with van der Waals surface area (Å²) in [6.07, 6.45) is 2.09. The Morgan fingerprint density at radius 3 is 2.40 bits per heavy atom. The van der Waals surface area contributed by atoms with E-state index in [0.29, 0.717) is 39.0 Å². The number of hydrazone groups is 1. The Labute approximate surface area is 207 Å². The summed E-state index contributed by atoms with van der Waals surface area (Å²) in [5.74, 6) is 0.555. The molecule has 4 rings (SSSR count). The van der Waals surface area contributed by atoms with E-state index in [0.717, 1.165) is 28.2 Å². The Morgan fingerprint density at radius 2 is 1.77 bits per heavy atom. The molecule has 0 saturated carbocycles. The number of carbonyl (C=O) groups is 2. The van der Waals surface area contributed by atoms with Crippen molar-refractivity contribution in [2.45, 2.75) is 46.1 Å². The van der Waals surface area contributed by atoms with Crippen LogP contribution in [0.4, 0.5) is 0 Å². The number of methoxy groups -OCH3 is 1. The average Bonchev–Trinajstić information content (AvgIpc) is 3.30. The summed E-state index contributed by atoms with van der Waals surface area (Å²) < 4.78 is 10.5. The van der Waals surface area contributed by atoms with Crippen molar-refractivity contribution in [3.63, 3.8) is 0 Å². The monoisotopic (exact) mass is 477 g/mol. The van der Waals surface area contributed by atoms with E-state index in [1.165, 1.54) is 5.56 Å². The second-order valence-electron chi connectivity index (χ2n) is 9.40. The molecule has 0 unspecified atom stereocenters. The zero-order chi connectivity index (χ0) is 24.9. The fraction of sp³-hybridized carbons (Fsp3) is 0.464. The van der Waals surface area contributed by atoms with Crippen molar-refractivity contribution in [3.8, 4) is 5.75 Å². The van der Waals surface area contributed by atoms with Crippen LogP contribution in [0.15, 0.2) is 47.6 Å². The van der Waals surface area contributed by atoms with Crippen LogP contribution < -0.4 is 4.74 Å². The van der Waals surface area contributed by atoms with Gasteiger partial charge in [-0.05, 0) is 70.0 Å². The molecule has 1 fully saturated rings. The van der Waals surface area contributed by atoms with Crippen molar-refractivity contribution in [2.75, 3.05) is 33.4 Å². The molecule has 0 bridgehead atoms. The molecular formula is C28H35N3O4. The molecule has 1 saturated heterocycles. The Bertz CT molecular complexity index is 1090. The molecule has 2 aromatic rings. The van der Waals surface area contributed by atoms with Gasteiger partial charge in [-0.1, -0.05) is 35.9 Å². The van der Waals surface area contributed by atoms with Gasteiger partial charge in [0, 0.05) is 12.0 Å². The number of aryl methyl sites for hydroxylation is 2. The number of benzene rings is 2. The third-order valence-electron chi connectivity index (χ3n) is 6.93. The molecule has 2 aliphatic heterocycles. The zero-order valence-corrected chi connectivity index (χ0v) is 21.1. The number of esters is 1. The van der Waals surface area contributed by atoms with E-state index in [1.807, 2.05) is 31.2 Å². The predicted molar refractivity (Wildman–Crippen MR) is 135 cm³/mol. The van der Waals surface area contributed by atoms with Crippen LogP contribution in [-0.4, -0.2) is 60.8 Å². The fourth-order valence-electron chi connectivity index (χ4n) is 4.98. The molecule has 0 spiro atoms. The van der Waals surface area contributed by atoms with Crippen LogP contribution in [0.1, 0.15) is 54.5 Å². The lowest BCUT2D eigenvalue weighted by atomic mass is 9.95. The summed E-state index contributed by atoms with van der Waals surface area (Å²) in [4.78, 5) is 27.7. The minimum atomic E-state index is -0.166. The Balaban J connectivity index is 1.52. The van der Waals surface area contributed by atoms with Crippen molar-refractivity contribution in [2.24, 2.45) is 11.0 Å². The van der Waals surface area contributed by atoms with E-state index < -0.39 is 0 Å². The summed E-state index contributed by atoms with van der Waals surface area (Å²) in [5.41, 5.74) is 5.41. The Kier molecular flexibility index (Phi) is 7.86. The first kappa shape index (κ1) is 24.9. The number of nitrogens with zero attached hydrogens (tertiary/aromatic N) is 3. The Hall–Kier alpha value is -3.19. The number of piperidine rings is 1. The summed E-state index contributed by atoms with van der Waals surface area (Å²) in [5, 5.41) is 6.51. The number of carbonyl (C=O) groups excluding carboxylic acids is 2. The molecule has 7 nitrogen and oxygen atoms in total. The van der Waals surface area contributed by atoms with Crippen molar-refractivity contribution >= 4 is 17.6 Å². The van der Waals surface area contributed by atoms with Crippen molar-refractivity contribution in [1.82, 2.24) is 9.91 Å². The second kappa shape index (κ2) is 11.0. The molecule has 186 valence electrons. The molecule has 35 heavy (non-hydrogen) atoms. The summed E-state index contributed by atoms with van der Waals surface area (Å²) in [6, 6.07) is 14.0. The molecule has 2 heterocycles. The molecule has 0 aromatic heterocycles. The first-order valence-electron chi connectivity index (χ1n) is 12.4. The van der Waals surface area contributed by atoms with Crippen molar-refractivity contribution < 1.29 is 19.1 Å². The zero-order valence-electron chi connectivity index (χ0n) is 21.1. The van der Waals surface area contributed by atoms with E-state index in [2.05, 4.69) is 36.9 Å². The average molecular weight is 478 g/mol. The highest BCUT2D eigenvalue weighted by Crippen LogP contribution is 2.34. The number of amides is 1. The van der Waals surface area contributed by atoms with Gasteiger partial charge in [0.05, 0.1) is 37.9 Å². The van der Waals surface area contributed by atoms with E-state index in [1.54, 1.807) is 12.1 Å². The molecule has 2 aliphatic rings. The predicted octanol–water partition coefficient (Wildman–Crippen LogP) is 4.26. The van der Waals surface area contributed by atoms with Gasteiger partial charge in [0.1, 0.15) is 5.75 Å². The highest BCUT2D eigenvalue weighted by Gasteiger charge is 2.35. The van der Waals surface area contributed by atoms with Gasteiger partial charge in [0.2, 0.25) is 0 Å². The lowest BCUT2D eigenvalue weighted by molar-refractivity contribution is -0.149. The van der Waals surface area contributed by atoms with Crippen molar-refractivity contribution in [3.05, 3.63) is 64.7 Å². The van der Waals surface area contributed by atoms with Gasteiger partial charge in [0.25, 0.3) is 5.91 Å². The maximum absolute atomic E-state index is 13.5. The van der Waals surface area contributed by atoms with Gasteiger partial charge in [-0.3, -0.25) is 14.5 Å². The summed E-state index contributed by atoms with van der Waals surface area (Å²) in [6.45, 7) is 8.08. The minimum Gasteiger partial charge on any atom is -0.497 e. The van der Waals surface area contributed by atoms with Crippen LogP contribution in [0.25, 0.3) is 0 Å². The quantitative estimate of drug-likeness (QED) is 0.557. The van der Waals surface area contributed by atoms with Gasteiger partial charge in [-0.15, -0.1) is 0 Å². The van der Waals surface area contributed by atoms with E-state index in [-0.39, 0.29) is 30.4 Å². The van der Waals surface area contributed by atoms with Crippen LogP contribution >= 0.6 is 0 Å². The second-order valence-corrected chi connectivity index (χ2v) is 9.40. The molecule has 7 heteroatoms. The van der Waals surface area contributed by atoms with Crippen LogP contribution in [0.2, 0.25) is 0 Å². The molecule has 0 radical (unpaired) electrons. The third kappa shape index (κ3) is 5.73. The smallest absolute Gasteiger partial charge is 0.309 e. The van der Waals surface area contributed by atoms with E-state index in [9.17, 15) is 9.59 Å². The number of hydrogen-bond acceptors (Lipinski definition) is 6. The number of hydrogen-bond donors (Lipinski definition) is 0. The maximum atomic E-state index is 13.5. The molecule has 0 aliphatic carbocycles. The standard InChI is InChI=1S/C28H35N3O4/c1-5-35-28(33)22-12-14-30(15-13-22)18-27(32)31-26(21-7-9-23(34-4)10-8-21)17-25(29-31)24-11-6-19(2)16-20(24)3/h6-11,16,22,26H,5,12-15,17-18H2,1-4H3/t26-/m0/s1. The van der Waals surface area contributed by atoms with E-state index >= 15 is 0 Å². The number of rotatable bonds is 7. The lowest BCUT2D eigenvalue weighted by Crippen LogP contribution is -2.43. The van der Waals surface area contributed by atoms with Crippen molar-refractivity contribution in [1.29, 1.82) is 0 Å².